The number of fused-ring (bicyclic) bond motifs is 1. The zero-order chi connectivity index (χ0) is 13.7. The molecular weight excluding hydrogens is 236 g/mol. The summed E-state index contributed by atoms with van der Waals surface area (Å²) in [6.07, 6.45) is 6.52. The molecule has 2 N–H and O–H groups in total. The maximum Gasteiger partial charge on any atom is 0.145 e. The van der Waals surface area contributed by atoms with Gasteiger partial charge >= 0.3 is 0 Å². The van der Waals surface area contributed by atoms with Crippen molar-refractivity contribution >= 4 is 11.4 Å². The van der Waals surface area contributed by atoms with Gasteiger partial charge in [-0.15, -0.1) is 0 Å². The van der Waals surface area contributed by atoms with Gasteiger partial charge in [-0.2, -0.15) is 0 Å². The number of nitrogens with zero attached hydrogens (tertiary/aromatic N) is 1. The van der Waals surface area contributed by atoms with Crippen LogP contribution in [-0.2, 0) is 0 Å². The summed E-state index contributed by atoms with van der Waals surface area (Å²) < 4.78 is 6.00. The van der Waals surface area contributed by atoms with Gasteiger partial charge in [-0.25, -0.2) is 0 Å². The molecule has 0 aromatic heterocycles. The van der Waals surface area contributed by atoms with Gasteiger partial charge in [0.1, 0.15) is 11.9 Å². The highest BCUT2D eigenvalue weighted by molar-refractivity contribution is 5.65. The van der Waals surface area contributed by atoms with Gasteiger partial charge in [0.25, 0.3) is 0 Å². The molecule has 0 radical (unpaired) electrons. The van der Waals surface area contributed by atoms with E-state index in [9.17, 15) is 0 Å². The number of hydrogen-bond acceptors (Lipinski definition) is 3. The highest BCUT2D eigenvalue weighted by Gasteiger charge is 2.24. The lowest BCUT2D eigenvalue weighted by molar-refractivity contribution is 0.189. The van der Waals surface area contributed by atoms with Crippen LogP contribution in [0.2, 0.25) is 0 Å². The average molecular weight is 262 g/mol. The van der Waals surface area contributed by atoms with Gasteiger partial charge in [0.05, 0.1) is 12.2 Å². The standard InChI is InChI=1S/C16H26N2O/c1-3-5-6-7-10-18-12-14(4-2)19-16-11-13(17)8-9-15(16)18/h8-9,11,14H,3-7,10,12,17H2,1-2H3. The van der Waals surface area contributed by atoms with Gasteiger partial charge in [-0.05, 0) is 25.0 Å². The van der Waals surface area contributed by atoms with Crippen molar-refractivity contribution in [2.24, 2.45) is 0 Å². The van der Waals surface area contributed by atoms with Crippen molar-refractivity contribution in [3.05, 3.63) is 18.2 Å². The number of nitrogens with two attached hydrogens (primary N) is 1. The van der Waals surface area contributed by atoms with E-state index < -0.39 is 0 Å². The third-order valence-corrected chi connectivity index (χ3v) is 3.78. The number of rotatable bonds is 6. The maximum absolute atomic E-state index is 6.00. The lowest BCUT2D eigenvalue weighted by Gasteiger charge is -2.36. The van der Waals surface area contributed by atoms with E-state index in [1.165, 1.54) is 31.4 Å². The van der Waals surface area contributed by atoms with Crippen LogP contribution in [-0.4, -0.2) is 19.2 Å². The minimum Gasteiger partial charge on any atom is -0.486 e. The summed E-state index contributed by atoms with van der Waals surface area (Å²) in [4.78, 5) is 2.46. The first-order valence-corrected chi connectivity index (χ1v) is 7.55. The molecule has 1 aromatic carbocycles. The third-order valence-electron chi connectivity index (χ3n) is 3.78. The van der Waals surface area contributed by atoms with Crippen LogP contribution in [0.25, 0.3) is 0 Å². The molecule has 106 valence electrons. The fraction of sp³-hybridized carbons (Fsp3) is 0.625. The summed E-state index contributed by atoms with van der Waals surface area (Å²) in [7, 11) is 0. The Balaban J connectivity index is 2.06. The summed E-state index contributed by atoms with van der Waals surface area (Å²) >= 11 is 0. The molecule has 0 spiro atoms. The van der Waals surface area contributed by atoms with Gasteiger partial charge in [0, 0.05) is 18.3 Å². The van der Waals surface area contributed by atoms with Crippen LogP contribution in [0, 0.1) is 0 Å². The van der Waals surface area contributed by atoms with Crippen LogP contribution in [0.15, 0.2) is 18.2 Å². The molecule has 3 nitrogen and oxygen atoms in total. The number of ether oxygens (including phenoxy) is 1. The molecule has 0 amide bonds. The molecule has 1 aliphatic heterocycles. The minimum absolute atomic E-state index is 0.292. The predicted molar refractivity (Wildman–Crippen MR) is 81.9 cm³/mol. The van der Waals surface area contributed by atoms with E-state index >= 15 is 0 Å². The number of nitrogen functional groups attached to an aromatic ring is 1. The van der Waals surface area contributed by atoms with E-state index in [0.29, 0.717) is 6.10 Å². The summed E-state index contributed by atoms with van der Waals surface area (Å²) in [5.41, 5.74) is 7.84. The molecule has 3 heteroatoms. The zero-order valence-corrected chi connectivity index (χ0v) is 12.2. The van der Waals surface area contributed by atoms with Crippen LogP contribution >= 0.6 is 0 Å². The van der Waals surface area contributed by atoms with Gasteiger partial charge in [0.2, 0.25) is 0 Å². The van der Waals surface area contributed by atoms with Crippen LogP contribution in [0.5, 0.6) is 5.75 Å². The van der Waals surface area contributed by atoms with Crippen molar-refractivity contribution in [3.8, 4) is 5.75 Å². The molecule has 1 unspecified atom stereocenters. The number of unbranched alkanes of at least 4 members (excludes halogenated alkanes) is 3. The summed E-state index contributed by atoms with van der Waals surface area (Å²) in [5, 5.41) is 0. The Morgan fingerprint density at radius 2 is 2.11 bits per heavy atom. The Morgan fingerprint density at radius 3 is 2.84 bits per heavy atom. The second-order valence-electron chi connectivity index (χ2n) is 5.38. The van der Waals surface area contributed by atoms with Crippen molar-refractivity contribution in [2.75, 3.05) is 23.7 Å². The minimum atomic E-state index is 0.292. The highest BCUT2D eigenvalue weighted by Crippen LogP contribution is 2.35. The molecule has 1 heterocycles. The van der Waals surface area contributed by atoms with Crippen molar-refractivity contribution < 1.29 is 4.74 Å². The topological polar surface area (TPSA) is 38.5 Å². The maximum atomic E-state index is 6.00. The molecule has 0 saturated carbocycles. The van der Waals surface area contributed by atoms with Crippen LogP contribution in [0.4, 0.5) is 11.4 Å². The molecule has 2 rings (SSSR count). The van der Waals surface area contributed by atoms with Crippen LogP contribution in [0.1, 0.15) is 46.0 Å². The summed E-state index contributed by atoms with van der Waals surface area (Å²) in [6.45, 7) is 6.55. The van der Waals surface area contributed by atoms with E-state index in [0.717, 1.165) is 30.9 Å². The smallest absolute Gasteiger partial charge is 0.145 e. The molecule has 0 saturated heterocycles. The molecular formula is C16H26N2O. The molecule has 0 fully saturated rings. The first kappa shape index (κ1) is 14.0. The molecule has 0 bridgehead atoms. The van der Waals surface area contributed by atoms with E-state index in [1.807, 2.05) is 12.1 Å². The van der Waals surface area contributed by atoms with E-state index in [4.69, 9.17) is 10.5 Å². The Morgan fingerprint density at radius 1 is 1.26 bits per heavy atom. The Labute approximate surface area is 116 Å². The number of benzene rings is 1. The quantitative estimate of drug-likeness (QED) is 0.625. The monoisotopic (exact) mass is 262 g/mol. The van der Waals surface area contributed by atoms with E-state index in [1.54, 1.807) is 0 Å². The van der Waals surface area contributed by atoms with E-state index in [2.05, 4.69) is 24.8 Å². The Hall–Kier alpha value is -1.38. The molecule has 1 aliphatic rings. The molecule has 1 aromatic rings. The lowest BCUT2D eigenvalue weighted by atomic mass is 10.1. The van der Waals surface area contributed by atoms with E-state index in [-0.39, 0.29) is 0 Å². The van der Waals surface area contributed by atoms with Gasteiger partial charge in [0.15, 0.2) is 0 Å². The first-order chi connectivity index (χ1) is 9.24. The average Bonchev–Trinajstić information content (AvgIpc) is 2.42. The molecule has 19 heavy (non-hydrogen) atoms. The SMILES string of the molecule is CCCCCCN1CC(CC)Oc2cc(N)ccc21. The zero-order valence-electron chi connectivity index (χ0n) is 12.2. The van der Waals surface area contributed by atoms with Gasteiger partial charge in [-0.1, -0.05) is 33.1 Å². The lowest BCUT2D eigenvalue weighted by Crippen LogP contribution is -2.40. The van der Waals surface area contributed by atoms with Crippen molar-refractivity contribution in [2.45, 2.75) is 52.1 Å². The largest absolute Gasteiger partial charge is 0.486 e. The fourth-order valence-electron chi connectivity index (χ4n) is 2.60. The van der Waals surface area contributed by atoms with Crippen LogP contribution in [0.3, 0.4) is 0 Å². The summed E-state index contributed by atoms with van der Waals surface area (Å²) in [5.74, 6) is 0.952. The first-order valence-electron chi connectivity index (χ1n) is 7.55. The van der Waals surface area contributed by atoms with Gasteiger partial charge < -0.3 is 15.4 Å². The molecule has 0 aliphatic carbocycles. The fourth-order valence-corrected chi connectivity index (χ4v) is 2.60. The van der Waals surface area contributed by atoms with Gasteiger partial charge in [-0.3, -0.25) is 0 Å². The second kappa shape index (κ2) is 6.69. The highest BCUT2D eigenvalue weighted by atomic mass is 16.5. The Kier molecular flexibility index (Phi) is 4.94. The van der Waals surface area contributed by atoms with Crippen LogP contribution < -0.4 is 15.4 Å². The third kappa shape index (κ3) is 3.55. The Bertz CT molecular complexity index is 406. The summed E-state index contributed by atoms with van der Waals surface area (Å²) in [6, 6.07) is 6.01. The normalized spacial score (nSPS) is 18.0. The van der Waals surface area contributed by atoms with Crippen molar-refractivity contribution in [1.29, 1.82) is 0 Å². The molecule has 1 atom stereocenters. The second-order valence-corrected chi connectivity index (χ2v) is 5.38. The predicted octanol–water partition coefficient (Wildman–Crippen LogP) is 3.83. The number of anilines is 2. The number of hydrogen-bond donors (Lipinski definition) is 1. The van der Waals surface area contributed by atoms with Crippen molar-refractivity contribution in [1.82, 2.24) is 0 Å². The van der Waals surface area contributed by atoms with Crippen molar-refractivity contribution in [3.63, 3.8) is 0 Å².